The van der Waals surface area contributed by atoms with Crippen LogP contribution in [-0.2, 0) is 14.8 Å². The van der Waals surface area contributed by atoms with Gasteiger partial charge in [0.2, 0.25) is 21.4 Å². The largest absolute Gasteiger partial charge is 0.551 e. The van der Waals surface area contributed by atoms with Crippen LogP contribution in [0.15, 0.2) is 9.13 Å². The summed E-state index contributed by atoms with van der Waals surface area (Å²) in [7, 11) is -3.20. The Balaban J connectivity index is 2.03. The number of rotatable bonds is 4. The van der Waals surface area contributed by atoms with Crippen LogP contribution in [-0.4, -0.2) is 63.1 Å². The molecule has 0 saturated carbocycles. The number of hydrogen-bond acceptors (Lipinski definition) is 7. The van der Waals surface area contributed by atoms with Gasteiger partial charge in [0.15, 0.2) is 5.88 Å². The third-order valence-electron chi connectivity index (χ3n) is 2.97. The fourth-order valence-electron chi connectivity index (χ4n) is 1.92. The van der Waals surface area contributed by atoms with E-state index in [-0.39, 0.29) is 12.5 Å². The molecule has 0 spiro atoms. The molecule has 0 bridgehead atoms. The molecule has 2 rings (SSSR count). The SMILES string of the molecule is CCOC(=O)[N-]c1on[n+](N2CCN(S(C)(=O)=O)CC2)c1Br. The van der Waals surface area contributed by atoms with Gasteiger partial charge in [-0.25, -0.2) is 8.42 Å². The van der Waals surface area contributed by atoms with Gasteiger partial charge >= 0.3 is 4.60 Å². The molecule has 0 unspecified atom stereocenters. The highest BCUT2D eigenvalue weighted by atomic mass is 79.9. The minimum absolute atomic E-state index is 0.0102. The van der Waals surface area contributed by atoms with Crippen LogP contribution in [0.2, 0.25) is 0 Å². The minimum atomic E-state index is -3.20. The van der Waals surface area contributed by atoms with Crippen molar-refractivity contribution in [2.45, 2.75) is 6.92 Å². The molecule has 124 valence electrons. The zero-order valence-corrected chi connectivity index (χ0v) is 14.5. The van der Waals surface area contributed by atoms with Crippen LogP contribution in [0, 0.1) is 0 Å². The molecule has 1 aromatic heterocycles. The summed E-state index contributed by atoms with van der Waals surface area (Å²) in [4.78, 5) is 12.7. The maximum Gasteiger partial charge on any atom is 0.333 e. The fraction of sp³-hybridized carbons (Fsp3) is 0.700. The fourth-order valence-corrected chi connectivity index (χ4v) is 3.19. The number of carbonyl (C=O) groups excluding carboxylic acids is 1. The molecule has 1 fully saturated rings. The second-order valence-electron chi connectivity index (χ2n) is 4.48. The minimum Gasteiger partial charge on any atom is -0.551 e. The van der Waals surface area contributed by atoms with E-state index in [1.165, 1.54) is 15.4 Å². The van der Waals surface area contributed by atoms with Crippen LogP contribution in [0.25, 0.3) is 5.32 Å². The zero-order valence-electron chi connectivity index (χ0n) is 12.1. The second-order valence-corrected chi connectivity index (χ2v) is 7.22. The quantitative estimate of drug-likeness (QED) is 0.662. The summed E-state index contributed by atoms with van der Waals surface area (Å²) >= 11 is 3.25. The Bertz CT molecular complexity index is 640. The Labute approximate surface area is 136 Å². The van der Waals surface area contributed by atoms with Gasteiger partial charge in [-0.1, -0.05) is 0 Å². The molecule has 0 atom stereocenters. The van der Waals surface area contributed by atoms with Crippen molar-refractivity contribution >= 4 is 37.9 Å². The molecule has 12 heteroatoms. The van der Waals surface area contributed by atoms with Gasteiger partial charge in [0, 0.05) is 29.0 Å². The van der Waals surface area contributed by atoms with Gasteiger partial charge in [0.25, 0.3) is 0 Å². The smallest absolute Gasteiger partial charge is 0.333 e. The summed E-state index contributed by atoms with van der Waals surface area (Å²) < 4.78 is 34.4. The van der Waals surface area contributed by atoms with Crippen LogP contribution in [0.1, 0.15) is 6.92 Å². The first-order valence-electron chi connectivity index (χ1n) is 6.49. The molecular formula is C10H16BrN5O5S. The van der Waals surface area contributed by atoms with E-state index in [0.29, 0.717) is 30.8 Å². The number of sulfonamides is 1. The number of carbonyl (C=O) groups is 1. The second kappa shape index (κ2) is 6.79. The van der Waals surface area contributed by atoms with Crippen LogP contribution < -0.4 is 9.80 Å². The summed E-state index contributed by atoms with van der Waals surface area (Å²) in [6.07, 6.45) is 0.409. The molecule has 10 nitrogen and oxygen atoms in total. The lowest BCUT2D eigenvalue weighted by molar-refractivity contribution is -0.768. The van der Waals surface area contributed by atoms with Crippen molar-refractivity contribution in [3.63, 3.8) is 0 Å². The normalized spacial score (nSPS) is 16.6. The van der Waals surface area contributed by atoms with Gasteiger partial charge in [-0.15, -0.1) is 5.01 Å². The Kier molecular flexibility index (Phi) is 5.24. The van der Waals surface area contributed by atoms with E-state index < -0.39 is 16.1 Å². The number of piperazine rings is 1. The van der Waals surface area contributed by atoms with E-state index >= 15 is 0 Å². The van der Waals surface area contributed by atoms with E-state index in [2.05, 4.69) is 26.5 Å². The predicted octanol–water partition coefficient (Wildman–Crippen LogP) is 0.0995. The molecule has 0 aliphatic carbocycles. The van der Waals surface area contributed by atoms with E-state index in [1.807, 2.05) is 0 Å². The molecule has 0 radical (unpaired) electrons. The molecular weight excluding hydrogens is 382 g/mol. The molecule has 1 aliphatic rings. The molecule has 22 heavy (non-hydrogen) atoms. The van der Waals surface area contributed by atoms with Gasteiger partial charge in [0.05, 0.1) is 30.7 Å². The summed E-state index contributed by atoms with van der Waals surface area (Å²) in [6, 6.07) is 0. The molecule has 2 heterocycles. The molecule has 1 saturated heterocycles. The number of nitrogens with zero attached hydrogens (tertiary/aromatic N) is 5. The summed E-state index contributed by atoms with van der Waals surface area (Å²) in [5.41, 5.74) is 0. The predicted molar refractivity (Wildman–Crippen MR) is 78.8 cm³/mol. The first-order valence-corrected chi connectivity index (χ1v) is 9.13. The number of halogens is 1. The lowest BCUT2D eigenvalue weighted by Gasteiger charge is -2.28. The monoisotopic (exact) mass is 397 g/mol. The Morgan fingerprint density at radius 1 is 1.45 bits per heavy atom. The van der Waals surface area contributed by atoms with Crippen molar-refractivity contribution < 1.29 is 27.3 Å². The maximum absolute atomic E-state index is 11.5. The van der Waals surface area contributed by atoms with E-state index in [9.17, 15) is 13.2 Å². The highest BCUT2D eigenvalue weighted by molar-refractivity contribution is 9.10. The molecule has 0 aromatic carbocycles. The summed E-state index contributed by atoms with van der Waals surface area (Å²) in [5.74, 6) is -0.0102. The van der Waals surface area contributed by atoms with Crippen LogP contribution in [0.5, 0.6) is 0 Å². The van der Waals surface area contributed by atoms with Gasteiger partial charge in [-0.3, -0.25) is 4.79 Å². The van der Waals surface area contributed by atoms with Gasteiger partial charge in [-0.05, 0) is 6.92 Å². The third-order valence-corrected chi connectivity index (χ3v) is 4.93. The van der Waals surface area contributed by atoms with Crippen LogP contribution in [0.4, 0.5) is 10.7 Å². The Morgan fingerprint density at radius 3 is 2.64 bits per heavy atom. The average molecular weight is 398 g/mol. The topological polar surface area (TPSA) is 111 Å². The number of amides is 1. The maximum atomic E-state index is 11.5. The number of aromatic nitrogens is 2. The van der Waals surface area contributed by atoms with E-state index in [4.69, 9.17) is 9.26 Å². The molecule has 0 N–H and O–H groups in total. The van der Waals surface area contributed by atoms with E-state index in [1.54, 1.807) is 11.9 Å². The van der Waals surface area contributed by atoms with Crippen LogP contribution in [0.3, 0.4) is 0 Å². The Morgan fingerprint density at radius 2 is 2.09 bits per heavy atom. The summed E-state index contributed by atoms with van der Waals surface area (Å²) in [5, 5.41) is 9.20. The number of ether oxygens (including phenoxy) is 1. The van der Waals surface area contributed by atoms with Crippen molar-refractivity contribution in [3.8, 4) is 0 Å². The first kappa shape index (κ1) is 17.0. The lowest BCUT2D eigenvalue weighted by atomic mass is 10.4. The zero-order chi connectivity index (χ0) is 16.3. The summed E-state index contributed by atoms with van der Waals surface area (Å²) in [6.45, 7) is 3.43. The average Bonchev–Trinajstić information content (AvgIpc) is 2.80. The first-order chi connectivity index (χ1) is 10.3. The van der Waals surface area contributed by atoms with Crippen molar-refractivity contribution in [1.82, 2.24) is 9.58 Å². The van der Waals surface area contributed by atoms with Crippen molar-refractivity contribution in [3.05, 3.63) is 9.92 Å². The third kappa shape index (κ3) is 3.87. The highest BCUT2D eigenvalue weighted by Crippen LogP contribution is 2.26. The van der Waals surface area contributed by atoms with Crippen molar-refractivity contribution in [2.75, 3.05) is 44.1 Å². The van der Waals surface area contributed by atoms with Crippen molar-refractivity contribution in [2.24, 2.45) is 0 Å². The molecule has 1 amide bonds. The van der Waals surface area contributed by atoms with Gasteiger partial charge in [0.1, 0.15) is 0 Å². The lowest BCUT2D eigenvalue weighted by Crippen LogP contribution is -2.66. The molecule has 1 aliphatic heterocycles. The standard InChI is InChI=1S/C10H16BrN5O5S/c1-3-20-10(17)12-9-8(11)16(13-21-9)14-4-6-15(7-5-14)22(2,18)19/h3-7H2,1-2H3. The number of hydrogen-bond donors (Lipinski definition) is 0. The van der Waals surface area contributed by atoms with E-state index in [0.717, 1.165) is 0 Å². The van der Waals surface area contributed by atoms with Crippen molar-refractivity contribution in [1.29, 1.82) is 0 Å². The van der Waals surface area contributed by atoms with Crippen LogP contribution >= 0.6 is 15.9 Å². The highest BCUT2D eigenvalue weighted by Gasteiger charge is 2.31. The van der Waals surface area contributed by atoms with Gasteiger partial charge < -0.3 is 14.6 Å². The molecule has 1 aromatic rings. The Hall–Kier alpha value is -1.40. The van der Waals surface area contributed by atoms with Gasteiger partial charge in [-0.2, -0.15) is 4.31 Å².